The fourth-order valence-electron chi connectivity index (χ4n) is 2.84. The molecule has 3 aromatic rings. The molecule has 0 amide bonds. The average molecular weight is 433 g/mol. The fourth-order valence-corrected chi connectivity index (χ4v) is 2.84. The number of halogens is 2. The van der Waals surface area contributed by atoms with Crippen LogP contribution >= 0.6 is 0 Å². The molecule has 31 heavy (non-hydrogen) atoms. The maximum atomic E-state index is 15.0. The van der Waals surface area contributed by atoms with E-state index in [2.05, 4.69) is 5.16 Å². The first-order valence-electron chi connectivity index (χ1n) is 9.80. The highest BCUT2D eigenvalue weighted by atomic mass is 19.3. The Balaban J connectivity index is 1.68. The van der Waals surface area contributed by atoms with Crippen LogP contribution < -0.4 is 14.2 Å². The summed E-state index contributed by atoms with van der Waals surface area (Å²) in [6.07, 6.45) is -1.50. The van der Waals surface area contributed by atoms with Crippen molar-refractivity contribution >= 4 is 0 Å². The highest BCUT2D eigenvalue weighted by Crippen LogP contribution is 2.36. The standard InChI is InChI=1S/C23H25F2NO5/c1-15(2)29-20-7-5-6-18(12-20)23(24,25)16(3)30-19-10-8-17(9-11-19)21-13-22(26-31-21)28-14-27-4/h5-13,15-16H,14H2,1-4H3. The first-order valence-corrected chi connectivity index (χ1v) is 9.80. The van der Waals surface area contributed by atoms with Crippen LogP contribution in [0.2, 0.25) is 0 Å². The topological polar surface area (TPSA) is 63.0 Å². The van der Waals surface area contributed by atoms with Crippen molar-refractivity contribution in [3.8, 4) is 28.7 Å². The predicted octanol–water partition coefficient (Wildman–Crippen LogP) is 5.67. The number of aromatic nitrogens is 1. The van der Waals surface area contributed by atoms with Crippen molar-refractivity contribution < 1.29 is 32.3 Å². The summed E-state index contributed by atoms with van der Waals surface area (Å²) in [7, 11) is 1.50. The van der Waals surface area contributed by atoms with Gasteiger partial charge in [0.2, 0.25) is 0 Å². The summed E-state index contributed by atoms with van der Waals surface area (Å²) in [6, 6.07) is 14.1. The molecule has 166 valence electrons. The van der Waals surface area contributed by atoms with E-state index in [4.69, 9.17) is 23.5 Å². The van der Waals surface area contributed by atoms with E-state index in [1.807, 2.05) is 13.8 Å². The van der Waals surface area contributed by atoms with E-state index in [0.717, 1.165) is 0 Å². The van der Waals surface area contributed by atoms with E-state index in [-0.39, 0.29) is 24.3 Å². The SMILES string of the molecule is COCOc1cc(-c2ccc(OC(C)C(F)(F)c3cccc(OC(C)C)c3)cc2)on1. The summed E-state index contributed by atoms with van der Waals surface area (Å²) in [5.41, 5.74) is 0.532. The van der Waals surface area contributed by atoms with Gasteiger partial charge >= 0.3 is 5.92 Å². The Labute approximate surface area is 179 Å². The van der Waals surface area contributed by atoms with Gasteiger partial charge in [0.15, 0.2) is 18.7 Å². The zero-order chi connectivity index (χ0) is 22.4. The molecule has 3 rings (SSSR count). The zero-order valence-corrected chi connectivity index (χ0v) is 17.8. The molecular formula is C23H25F2NO5. The monoisotopic (exact) mass is 433 g/mol. The number of rotatable bonds is 10. The lowest BCUT2D eigenvalue weighted by molar-refractivity contribution is -0.0945. The van der Waals surface area contributed by atoms with Crippen molar-refractivity contribution in [3.05, 3.63) is 60.2 Å². The minimum absolute atomic E-state index is 0.0529. The van der Waals surface area contributed by atoms with Gasteiger partial charge in [0, 0.05) is 24.3 Å². The maximum Gasteiger partial charge on any atom is 0.309 e. The molecule has 0 saturated heterocycles. The van der Waals surface area contributed by atoms with Crippen LogP contribution in [0.4, 0.5) is 8.78 Å². The second-order valence-corrected chi connectivity index (χ2v) is 7.18. The fraction of sp³-hybridized carbons (Fsp3) is 0.348. The quantitative estimate of drug-likeness (QED) is 0.384. The van der Waals surface area contributed by atoms with E-state index in [0.29, 0.717) is 22.8 Å². The third-order valence-electron chi connectivity index (χ3n) is 4.37. The second-order valence-electron chi connectivity index (χ2n) is 7.18. The smallest absolute Gasteiger partial charge is 0.309 e. The summed E-state index contributed by atoms with van der Waals surface area (Å²) in [6.45, 7) is 5.07. The lowest BCUT2D eigenvalue weighted by Gasteiger charge is -2.25. The third kappa shape index (κ3) is 5.73. The van der Waals surface area contributed by atoms with E-state index in [9.17, 15) is 8.78 Å². The largest absolute Gasteiger partial charge is 0.491 e. The molecule has 0 radical (unpaired) electrons. The van der Waals surface area contributed by atoms with E-state index < -0.39 is 12.0 Å². The van der Waals surface area contributed by atoms with Gasteiger partial charge in [-0.25, -0.2) is 0 Å². The number of ether oxygens (including phenoxy) is 4. The Hall–Kier alpha value is -3.13. The normalized spacial score (nSPS) is 12.6. The molecule has 0 aliphatic carbocycles. The van der Waals surface area contributed by atoms with Gasteiger partial charge in [-0.05, 0) is 62.3 Å². The molecule has 0 aliphatic rings. The number of hydrogen-bond acceptors (Lipinski definition) is 6. The van der Waals surface area contributed by atoms with E-state index in [1.54, 1.807) is 42.5 Å². The summed E-state index contributed by atoms with van der Waals surface area (Å²) in [5, 5.41) is 3.77. The van der Waals surface area contributed by atoms with Crippen LogP contribution in [0.5, 0.6) is 17.4 Å². The number of methoxy groups -OCH3 is 1. The summed E-state index contributed by atoms with van der Waals surface area (Å²) in [5.74, 6) is -1.76. The number of benzene rings is 2. The van der Waals surface area contributed by atoms with Crippen LogP contribution in [-0.2, 0) is 10.7 Å². The lowest BCUT2D eigenvalue weighted by atomic mass is 10.0. The Bertz CT molecular complexity index is 972. The van der Waals surface area contributed by atoms with Crippen molar-refractivity contribution in [2.24, 2.45) is 0 Å². The minimum atomic E-state index is -3.21. The molecule has 8 heteroatoms. The van der Waals surface area contributed by atoms with Gasteiger partial charge < -0.3 is 23.5 Å². The first-order chi connectivity index (χ1) is 14.8. The highest BCUT2D eigenvalue weighted by Gasteiger charge is 2.40. The van der Waals surface area contributed by atoms with Gasteiger partial charge in [-0.15, -0.1) is 0 Å². The molecule has 1 heterocycles. The molecule has 6 nitrogen and oxygen atoms in total. The van der Waals surface area contributed by atoms with Crippen molar-refractivity contribution in [3.63, 3.8) is 0 Å². The van der Waals surface area contributed by atoms with Crippen molar-refractivity contribution in [1.82, 2.24) is 5.16 Å². The molecule has 1 atom stereocenters. The molecule has 0 N–H and O–H groups in total. The van der Waals surface area contributed by atoms with Crippen LogP contribution in [0.3, 0.4) is 0 Å². The van der Waals surface area contributed by atoms with Crippen molar-refractivity contribution in [2.45, 2.75) is 38.9 Å². The van der Waals surface area contributed by atoms with Gasteiger partial charge in [0.1, 0.15) is 11.5 Å². The van der Waals surface area contributed by atoms with Gasteiger partial charge in [0.05, 0.1) is 6.10 Å². The predicted molar refractivity (Wildman–Crippen MR) is 111 cm³/mol. The minimum Gasteiger partial charge on any atom is -0.491 e. The molecule has 2 aromatic carbocycles. The van der Waals surface area contributed by atoms with Gasteiger partial charge in [-0.2, -0.15) is 8.78 Å². The highest BCUT2D eigenvalue weighted by molar-refractivity contribution is 5.59. The molecule has 0 fully saturated rings. The first kappa shape index (κ1) is 22.6. The number of hydrogen-bond donors (Lipinski definition) is 0. The van der Waals surface area contributed by atoms with Crippen LogP contribution in [0, 0.1) is 0 Å². The molecular weight excluding hydrogens is 408 g/mol. The Kier molecular flexibility index (Phi) is 7.12. The molecule has 0 saturated carbocycles. The maximum absolute atomic E-state index is 15.0. The van der Waals surface area contributed by atoms with E-state index in [1.165, 1.54) is 26.2 Å². The average Bonchev–Trinajstić information content (AvgIpc) is 3.21. The molecule has 0 aliphatic heterocycles. The number of nitrogens with zero attached hydrogens (tertiary/aromatic N) is 1. The van der Waals surface area contributed by atoms with Gasteiger partial charge in [-0.3, -0.25) is 0 Å². The molecule has 1 aromatic heterocycles. The van der Waals surface area contributed by atoms with Gasteiger partial charge in [-0.1, -0.05) is 12.1 Å². The Morgan fingerprint density at radius 3 is 2.39 bits per heavy atom. The summed E-state index contributed by atoms with van der Waals surface area (Å²) < 4.78 is 56.2. The van der Waals surface area contributed by atoms with Crippen LogP contribution in [0.15, 0.2) is 59.1 Å². The van der Waals surface area contributed by atoms with Crippen LogP contribution in [-0.4, -0.2) is 31.3 Å². The third-order valence-corrected chi connectivity index (χ3v) is 4.37. The second kappa shape index (κ2) is 9.78. The number of alkyl halides is 2. The zero-order valence-electron chi connectivity index (χ0n) is 17.8. The molecule has 0 bridgehead atoms. The summed E-state index contributed by atoms with van der Waals surface area (Å²) in [4.78, 5) is 0. The van der Waals surface area contributed by atoms with Crippen LogP contribution in [0.25, 0.3) is 11.3 Å². The van der Waals surface area contributed by atoms with Crippen molar-refractivity contribution in [2.75, 3.05) is 13.9 Å². The van der Waals surface area contributed by atoms with Crippen molar-refractivity contribution in [1.29, 1.82) is 0 Å². The lowest BCUT2D eigenvalue weighted by Crippen LogP contribution is -2.33. The Morgan fingerprint density at radius 1 is 0.968 bits per heavy atom. The molecule has 1 unspecified atom stereocenters. The summed E-state index contributed by atoms with van der Waals surface area (Å²) >= 11 is 0. The Morgan fingerprint density at radius 2 is 1.71 bits per heavy atom. The van der Waals surface area contributed by atoms with E-state index >= 15 is 0 Å². The van der Waals surface area contributed by atoms with Gasteiger partial charge in [0.25, 0.3) is 5.88 Å². The molecule has 0 spiro atoms. The van der Waals surface area contributed by atoms with Crippen LogP contribution in [0.1, 0.15) is 26.3 Å².